The fraction of sp³-hybridized carbons (Fsp3) is 0.294. The predicted octanol–water partition coefficient (Wildman–Crippen LogP) is 3.17. The molecular formula is C17H23N2O2+. The minimum absolute atomic E-state index is 0.378. The van der Waals surface area contributed by atoms with E-state index in [0.29, 0.717) is 5.92 Å². The van der Waals surface area contributed by atoms with Gasteiger partial charge in [-0.05, 0) is 36.2 Å². The van der Waals surface area contributed by atoms with Crippen molar-refractivity contribution in [2.24, 2.45) is 0 Å². The van der Waals surface area contributed by atoms with Crippen LogP contribution in [0.15, 0.2) is 42.5 Å². The molecule has 0 fully saturated rings. The molecule has 2 aromatic rings. The van der Waals surface area contributed by atoms with Gasteiger partial charge in [0.1, 0.15) is 5.75 Å². The second-order valence-electron chi connectivity index (χ2n) is 5.35. The molecule has 0 amide bonds. The van der Waals surface area contributed by atoms with Crippen LogP contribution >= 0.6 is 0 Å². The van der Waals surface area contributed by atoms with Crippen molar-refractivity contribution in [2.75, 3.05) is 19.1 Å². The second-order valence-corrected chi connectivity index (χ2v) is 5.35. The van der Waals surface area contributed by atoms with E-state index in [2.05, 4.69) is 30.9 Å². The third-order valence-electron chi connectivity index (χ3n) is 3.68. The van der Waals surface area contributed by atoms with Crippen molar-refractivity contribution < 1.29 is 15.4 Å². The third kappa shape index (κ3) is 3.35. The van der Waals surface area contributed by atoms with Crippen LogP contribution in [0.3, 0.4) is 0 Å². The zero-order chi connectivity index (χ0) is 15.4. The Morgan fingerprint density at radius 1 is 1.05 bits per heavy atom. The first kappa shape index (κ1) is 15.4. The Labute approximate surface area is 125 Å². The predicted molar refractivity (Wildman–Crippen MR) is 85.0 cm³/mol. The van der Waals surface area contributed by atoms with E-state index >= 15 is 0 Å². The van der Waals surface area contributed by atoms with Gasteiger partial charge >= 0.3 is 0 Å². The van der Waals surface area contributed by atoms with E-state index in [1.54, 1.807) is 7.11 Å². The van der Waals surface area contributed by atoms with Crippen molar-refractivity contribution in [2.45, 2.75) is 19.8 Å². The number of hydrogen-bond donors (Lipinski definition) is 2. The summed E-state index contributed by atoms with van der Waals surface area (Å²) >= 11 is 0. The van der Waals surface area contributed by atoms with Crippen LogP contribution in [-0.4, -0.2) is 19.4 Å². The number of anilines is 2. The lowest BCUT2D eigenvalue weighted by molar-refractivity contribution is -0.826. The molecule has 0 aliphatic rings. The van der Waals surface area contributed by atoms with Gasteiger partial charge in [0.25, 0.3) is 0 Å². The molecule has 112 valence electrons. The number of methoxy groups -OCH3 is 1. The summed E-state index contributed by atoms with van der Waals surface area (Å²) in [6, 6.07) is 14.0. The second kappa shape index (κ2) is 6.61. The molecule has 0 saturated heterocycles. The number of ether oxygens (including phenoxy) is 1. The van der Waals surface area contributed by atoms with Crippen LogP contribution in [0.2, 0.25) is 0 Å². The molecule has 2 rings (SSSR count). The molecule has 2 aromatic carbocycles. The van der Waals surface area contributed by atoms with E-state index in [1.807, 2.05) is 37.4 Å². The number of nitrogens with two attached hydrogens (primary N) is 1. The van der Waals surface area contributed by atoms with Crippen LogP contribution < -0.4 is 15.1 Å². The zero-order valence-electron chi connectivity index (χ0n) is 13.0. The number of quaternary nitrogens is 1. The van der Waals surface area contributed by atoms with E-state index < -0.39 is 0 Å². The highest BCUT2D eigenvalue weighted by Gasteiger charge is 2.13. The van der Waals surface area contributed by atoms with Crippen molar-refractivity contribution >= 4 is 17.1 Å². The molecule has 0 aliphatic carbocycles. The molecule has 0 atom stereocenters. The summed E-state index contributed by atoms with van der Waals surface area (Å²) in [4.78, 5) is 2.08. The molecule has 0 aliphatic heterocycles. The molecule has 4 nitrogen and oxygen atoms in total. The van der Waals surface area contributed by atoms with Crippen LogP contribution in [0.25, 0.3) is 0 Å². The maximum atomic E-state index is 9.45. The highest BCUT2D eigenvalue weighted by atomic mass is 16.5. The van der Waals surface area contributed by atoms with Crippen LogP contribution in [0, 0.1) is 0 Å². The Hall–Kier alpha value is -2.04. The fourth-order valence-corrected chi connectivity index (χ4v) is 2.36. The van der Waals surface area contributed by atoms with Gasteiger partial charge in [0.2, 0.25) is 0 Å². The molecule has 0 heterocycles. The molecule has 0 radical (unpaired) electrons. The van der Waals surface area contributed by atoms with Crippen molar-refractivity contribution in [1.29, 1.82) is 0 Å². The van der Waals surface area contributed by atoms with Gasteiger partial charge in [0.15, 0.2) is 5.69 Å². The van der Waals surface area contributed by atoms with E-state index in [0.717, 1.165) is 28.4 Å². The van der Waals surface area contributed by atoms with E-state index in [4.69, 9.17) is 4.74 Å². The maximum absolute atomic E-state index is 9.45. The molecule has 3 N–H and O–H groups in total. The van der Waals surface area contributed by atoms with Crippen molar-refractivity contribution in [3.63, 3.8) is 0 Å². The molecule has 0 aromatic heterocycles. The zero-order valence-corrected chi connectivity index (χ0v) is 13.0. The summed E-state index contributed by atoms with van der Waals surface area (Å²) in [5, 5.41) is 9.45. The number of rotatable bonds is 5. The van der Waals surface area contributed by atoms with Gasteiger partial charge in [0.05, 0.1) is 7.11 Å². The first-order valence-corrected chi connectivity index (χ1v) is 7.06. The van der Waals surface area contributed by atoms with Crippen LogP contribution in [0.4, 0.5) is 17.1 Å². The first-order valence-electron chi connectivity index (χ1n) is 7.06. The maximum Gasteiger partial charge on any atom is 0.167 e. The Balaban J connectivity index is 2.31. The van der Waals surface area contributed by atoms with Gasteiger partial charge < -0.3 is 9.64 Å². The standard InChI is InChI=1S/C17H22N2O2/c1-12(2)16-10-7-14(11-17(16)18-20)19(3)13-5-8-15(21-4)9-6-13/h5-12,18,20H,1-4H3/p+1. The highest BCUT2D eigenvalue weighted by molar-refractivity contribution is 5.66. The molecule has 0 unspecified atom stereocenters. The molecule has 21 heavy (non-hydrogen) atoms. The molecule has 0 saturated carbocycles. The molecule has 4 heteroatoms. The summed E-state index contributed by atoms with van der Waals surface area (Å²) in [5.41, 5.74) is 5.29. The lowest BCUT2D eigenvalue weighted by atomic mass is 10.0. The van der Waals surface area contributed by atoms with Gasteiger partial charge in [-0.3, -0.25) is 0 Å². The van der Waals surface area contributed by atoms with Crippen molar-refractivity contribution in [3.05, 3.63) is 48.0 Å². The van der Waals surface area contributed by atoms with E-state index in [-0.39, 0.29) is 0 Å². The Bertz CT molecular complexity index is 594. The average Bonchev–Trinajstić information content (AvgIpc) is 2.53. The smallest absolute Gasteiger partial charge is 0.167 e. The first-order chi connectivity index (χ1) is 10.1. The number of benzene rings is 2. The largest absolute Gasteiger partial charge is 0.497 e. The monoisotopic (exact) mass is 287 g/mol. The van der Waals surface area contributed by atoms with Gasteiger partial charge in [-0.25, -0.2) is 5.21 Å². The Kier molecular flexibility index (Phi) is 4.83. The van der Waals surface area contributed by atoms with E-state index in [9.17, 15) is 5.21 Å². The molecule has 0 spiro atoms. The summed E-state index contributed by atoms with van der Waals surface area (Å²) in [5.74, 6) is 1.22. The SMILES string of the molecule is COc1ccc(N(C)c2ccc(C(C)C)c([NH2+]O)c2)cc1. The van der Waals surface area contributed by atoms with Crippen molar-refractivity contribution in [1.82, 2.24) is 0 Å². The summed E-state index contributed by atoms with van der Waals surface area (Å²) < 4.78 is 5.18. The minimum atomic E-state index is 0.378. The van der Waals surface area contributed by atoms with Crippen LogP contribution in [0.5, 0.6) is 5.75 Å². The summed E-state index contributed by atoms with van der Waals surface area (Å²) in [6.45, 7) is 4.24. The molecular weight excluding hydrogens is 264 g/mol. The lowest BCUT2D eigenvalue weighted by Crippen LogP contribution is -2.74. The summed E-state index contributed by atoms with van der Waals surface area (Å²) in [6.07, 6.45) is 0. The van der Waals surface area contributed by atoms with Crippen molar-refractivity contribution in [3.8, 4) is 5.75 Å². The van der Waals surface area contributed by atoms with Crippen LogP contribution in [-0.2, 0) is 0 Å². The van der Waals surface area contributed by atoms with E-state index in [1.165, 1.54) is 5.48 Å². The van der Waals surface area contributed by atoms with Gasteiger partial charge in [0, 0.05) is 30.1 Å². The number of hydrogen-bond acceptors (Lipinski definition) is 3. The minimum Gasteiger partial charge on any atom is -0.497 e. The lowest BCUT2D eigenvalue weighted by Gasteiger charge is -2.21. The Morgan fingerprint density at radius 3 is 2.19 bits per heavy atom. The molecule has 0 bridgehead atoms. The topological polar surface area (TPSA) is 49.3 Å². The van der Waals surface area contributed by atoms with Crippen LogP contribution in [0.1, 0.15) is 25.3 Å². The van der Waals surface area contributed by atoms with Gasteiger partial charge in [-0.2, -0.15) is 5.48 Å². The average molecular weight is 287 g/mol. The quantitative estimate of drug-likeness (QED) is 0.656. The fourth-order valence-electron chi connectivity index (χ4n) is 2.36. The van der Waals surface area contributed by atoms with Gasteiger partial charge in [-0.1, -0.05) is 19.9 Å². The summed E-state index contributed by atoms with van der Waals surface area (Å²) in [7, 11) is 3.67. The highest BCUT2D eigenvalue weighted by Crippen LogP contribution is 2.30. The Morgan fingerprint density at radius 2 is 1.67 bits per heavy atom. The van der Waals surface area contributed by atoms with Gasteiger partial charge in [-0.15, -0.1) is 0 Å². The normalized spacial score (nSPS) is 10.8. The third-order valence-corrected chi connectivity index (χ3v) is 3.68. The number of nitrogens with zero attached hydrogens (tertiary/aromatic N) is 1.